The molecule has 29 heavy (non-hydrogen) atoms. The van der Waals surface area contributed by atoms with E-state index in [-0.39, 0.29) is 16.9 Å². The van der Waals surface area contributed by atoms with Gasteiger partial charge in [0.2, 0.25) is 0 Å². The first-order chi connectivity index (χ1) is 13.9. The molecule has 7 heteroatoms. The molecule has 0 amide bonds. The Hall–Kier alpha value is -2.96. The van der Waals surface area contributed by atoms with Crippen molar-refractivity contribution in [3.63, 3.8) is 0 Å². The zero-order valence-electron chi connectivity index (χ0n) is 15.4. The molecule has 0 fully saturated rings. The monoisotopic (exact) mass is 424 g/mol. The first kappa shape index (κ1) is 19.4. The van der Waals surface area contributed by atoms with E-state index in [0.717, 1.165) is 10.5 Å². The van der Waals surface area contributed by atoms with Crippen LogP contribution in [0.5, 0.6) is 0 Å². The fourth-order valence-electron chi connectivity index (χ4n) is 3.13. The highest BCUT2D eigenvalue weighted by atomic mass is 35.5. The summed E-state index contributed by atoms with van der Waals surface area (Å²) in [7, 11) is 0. The molecule has 1 aromatic heterocycles. The van der Waals surface area contributed by atoms with E-state index < -0.39 is 5.82 Å². The Bertz CT molecular complexity index is 1200. The molecule has 0 bridgehead atoms. The van der Waals surface area contributed by atoms with Crippen LogP contribution in [0.2, 0.25) is 5.02 Å². The molecule has 0 aliphatic rings. The number of thiol groups is 1. The predicted octanol–water partition coefficient (Wildman–Crippen LogP) is 5.84. The van der Waals surface area contributed by atoms with Gasteiger partial charge in [0, 0.05) is 33.4 Å². The number of benzene rings is 3. The third-order valence-corrected chi connectivity index (χ3v) is 5.15. The van der Waals surface area contributed by atoms with Gasteiger partial charge in [-0.2, -0.15) is 0 Å². The first-order valence-electron chi connectivity index (χ1n) is 8.85. The molecule has 0 saturated heterocycles. The molecule has 0 unspecified atom stereocenters. The second-order valence-electron chi connectivity index (χ2n) is 6.68. The van der Waals surface area contributed by atoms with Crippen molar-refractivity contribution in [3.8, 4) is 0 Å². The number of hydrogen-bond acceptors (Lipinski definition) is 4. The Morgan fingerprint density at radius 3 is 2.52 bits per heavy atom. The summed E-state index contributed by atoms with van der Waals surface area (Å²) < 4.78 is 17.3. The highest BCUT2D eigenvalue weighted by Crippen LogP contribution is 2.33. The molecule has 0 spiro atoms. The molecular formula is C22H18ClFN4S. The summed E-state index contributed by atoms with van der Waals surface area (Å²) in [4.78, 5) is 5.10. The molecule has 0 atom stereocenters. The van der Waals surface area contributed by atoms with Gasteiger partial charge in [0.05, 0.1) is 17.5 Å². The van der Waals surface area contributed by atoms with Gasteiger partial charge in [0.1, 0.15) is 5.52 Å². The van der Waals surface area contributed by atoms with Crippen molar-refractivity contribution in [2.24, 2.45) is 5.73 Å². The van der Waals surface area contributed by atoms with E-state index in [1.165, 1.54) is 0 Å². The number of aromatic nitrogens is 2. The van der Waals surface area contributed by atoms with Crippen LogP contribution < -0.4 is 11.1 Å². The van der Waals surface area contributed by atoms with Gasteiger partial charge in [-0.3, -0.25) is 0 Å². The number of nitrogens with zero attached hydrogens (tertiary/aromatic N) is 2. The molecule has 1 heterocycles. The molecule has 4 nitrogen and oxygen atoms in total. The normalized spacial score (nSPS) is 11.0. The molecule has 0 aliphatic heterocycles. The molecule has 0 aliphatic carbocycles. The average Bonchev–Trinajstić information content (AvgIpc) is 3.10. The minimum absolute atomic E-state index is 0.244. The van der Waals surface area contributed by atoms with E-state index in [9.17, 15) is 0 Å². The second-order valence-corrected chi connectivity index (χ2v) is 7.63. The van der Waals surface area contributed by atoms with Crippen LogP contribution in [0.3, 0.4) is 0 Å². The maximum atomic E-state index is 15.4. The van der Waals surface area contributed by atoms with Gasteiger partial charge >= 0.3 is 0 Å². The van der Waals surface area contributed by atoms with Gasteiger partial charge in [-0.25, -0.2) is 9.37 Å². The van der Waals surface area contributed by atoms with Crippen LogP contribution in [0.1, 0.15) is 11.1 Å². The van der Waals surface area contributed by atoms with E-state index in [4.69, 9.17) is 17.3 Å². The quantitative estimate of drug-likeness (QED) is 0.353. The van der Waals surface area contributed by atoms with Crippen LogP contribution in [0, 0.1) is 5.82 Å². The highest BCUT2D eigenvalue weighted by molar-refractivity contribution is 7.80. The summed E-state index contributed by atoms with van der Waals surface area (Å²) in [6.45, 7) is 4.34. The number of rotatable bonds is 5. The van der Waals surface area contributed by atoms with Crippen LogP contribution in [0.4, 0.5) is 15.8 Å². The summed E-state index contributed by atoms with van der Waals surface area (Å²) in [5, 5.41) is 3.76. The standard InChI is InChI=1S/C22H18ClFN4S/c1-13(25)18-10-19-22(20(24)21(18)27-16-6-8-17(29)9-7-16)26-12-28(19)11-14-2-4-15(23)5-3-14/h2-10,12,27,29H,1,11,25H2. The number of nitrogens with two attached hydrogens (primary N) is 1. The average molecular weight is 425 g/mol. The lowest BCUT2D eigenvalue weighted by molar-refractivity contribution is 0.640. The van der Waals surface area contributed by atoms with Gasteiger partial charge in [-0.15, -0.1) is 12.6 Å². The Morgan fingerprint density at radius 2 is 1.86 bits per heavy atom. The van der Waals surface area contributed by atoms with E-state index in [1.807, 2.05) is 53.1 Å². The zero-order chi connectivity index (χ0) is 20.5. The third-order valence-electron chi connectivity index (χ3n) is 4.60. The van der Waals surface area contributed by atoms with Crippen LogP contribution in [0.15, 0.2) is 72.4 Å². The number of halogens is 2. The summed E-state index contributed by atoms with van der Waals surface area (Å²) in [5.74, 6) is -0.478. The lowest BCUT2D eigenvalue weighted by Crippen LogP contribution is -2.05. The van der Waals surface area contributed by atoms with Gasteiger partial charge in [0.15, 0.2) is 5.82 Å². The van der Waals surface area contributed by atoms with Gasteiger partial charge < -0.3 is 15.6 Å². The number of anilines is 2. The lowest BCUT2D eigenvalue weighted by atomic mass is 10.1. The van der Waals surface area contributed by atoms with Crippen molar-refractivity contribution in [1.82, 2.24) is 9.55 Å². The number of imidazole rings is 1. The Balaban J connectivity index is 1.78. The van der Waals surface area contributed by atoms with Crippen LogP contribution in [-0.4, -0.2) is 9.55 Å². The minimum atomic E-state index is -0.478. The molecule has 4 aromatic rings. The van der Waals surface area contributed by atoms with E-state index in [2.05, 4.69) is 29.5 Å². The molecule has 0 radical (unpaired) electrons. The molecular weight excluding hydrogens is 407 g/mol. The summed E-state index contributed by atoms with van der Waals surface area (Å²) in [6.07, 6.45) is 1.62. The molecule has 3 aromatic carbocycles. The maximum absolute atomic E-state index is 15.4. The predicted molar refractivity (Wildman–Crippen MR) is 120 cm³/mol. The van der Waals surface area contributed by atoms with Gasteiger partial charge in [-0.1, -0.05) is 30.3 Å². The van der Waals surface area contributed by atoms with E-state index in [1.54, 1.807) is 12.4 Å². The van der Waals surface area contributed by atoms with Crippen LogP contribution >= 0.6 is 24.2 Å². The topological polar surface area (TPSA) is 55.9 Å². The lowest BCUT2D eigenvalue weighted by Gasteiger charge is -2.15. The van der Waals surface area contributed by atoms with Gasteiger partial charge in [-0.05, 0) is 48.0 Å². The molecule has 4 rings (SSSR count). The van der Waals surface area contributed by atoms with Crippen molar-refractivity contribution in [1.29, 1.82) is 0 Å². The highest BCUT2D eigenvalue weighted by Gasteiger charge is 2.18. The Morgan fingerprint density at radius 1 is 1.17 bits per heavy atom. The fraction of sp³-hybridized carbons (Fsp3) is 0.0455. The van der Waals surface area contributed by atoms with Gasteiger partial charge in [0.25, 0.3) is 0 Å². The maximum Gasteiger partial charge on any atom is 0.175 e. The molecule has 146 valence electrons. The van der Waals surface area contributed by atoms with Crippen LogP contribution in [0.25, 0.3) is 16.7 Å². The fourth-order valence-corrected chi connectivity index (χ4v) is 3.41. The number of hydrogen-bond donors (Lipinski definition) is 3. The van der Waals surface area contributed by atoms with Crippen molar-refractivity contribution < 1.29 is 4.39 Å². The van der Waals surface area contributed by atoms with Crippen molar-refractivity contribution >= 4 is 52.3 Å². The Labute approximate surface area is 178 Å². The van der Waals surface area contributed by atoms with Crippen molar-refractivity contribution in [3.05, 3.63) is 89.5 Å². The number of nitrogens with one attached hydrogen (secondary N) is 1. The summed E-state index contributed by atoms with van der Waals surface area (Å²) in [6, 6.07) is 16.6. The summed E-state index contributed by atoms with van der Waals surface area (Å²) >= 11 is 10.2. The second kappa shape index (κ2) is 7.81. The molecule has 3 N–H and O–H groups in total. The SMILES string of the molecule is C=C(N)c1cc2c(ncn2Cc2ccc(Cl)cc2)c(F)c1Nc1ccc(S)cc1. The van der Waals surface area contributed by atoms with Crippen molar-refractivity contribution in [2.75, 3.05) is 5.32 Å². The Kier molecular flexibility index (Phi) is 5.22. The molecule has 0 saturated carbocycles. The van der Waals surface area contributed by atoms with E-state index >= 15 is 4.39 Å². The zero-order valence-corrected chi connectivity index (χ0v) is 17.0. The number of fused-ring (bicyclic) bond motifs is 1. The first-order valence-corrected chi connectivity index (χ1v) is 9.67. The third kappa shape index (κ3) is 3.95. The van der Waals surface area contributed by atoms with Crippen molar-refractivity contribution in [2.45, 2.75) is 11.4 Å². The van der Waals surface area contributed by atoms with E-state index in [0.29, 0.717) is 28.3 Å². The minimum Gasteiger partial charge on any atom is -0.399 e. The largest absolute Gasteiger partial charge is 0.399 e. The van der Waals surface area contributed by atoms with Crippen LogP contribution in [-0.2, 0) is 6.54 Å². The summed E-state index contributed by atoms with van der Waals surface area (Å²) in [5.41, 5.74) is 9.61. The smallest absolute Gasteiger partial charge is 0.175 e.